The Morgan fingerprint density at radius 2 is 1.84 bits per heavy atom. The van der Waals surface area contributed by atoms with Gasteiger partial charge in [-0.1, -0.05) is 24.3 Å². The average molecular weight is 429 g/mol. The van der Waals surface area contributed by atoms with Gasteiger partial charge >= 0.3 is 6.18 Å². The van der Waals surface area contributed by atoms with Gasteiger partial charge in [-0.3, -0.25) is 14.5 Å². The molecule has 4 nitrogen and oxygen atoms in total. The number of carbonyl (C=O) groups excluding carboxylic acids is 2. The lowest BCUT2D eigenvalue weighted by molar-refractivity contribution is -0.137. The molecule has 2 aliphatic rings. The number of para-hydroxylation sites is 1. The zero-order valence-electron chi connectivity index (χ0n) is 17.0. The number of halogens is 3. The van der Waals surface area contributed by atoms with Crippen LogP contribution in [0.2, 0.25) is 0 Å². The zero-order chi connectivity index (χ0) is 22.2. The van der Waals surface area contributed by atoms with E-state index < -0.39 is 17.7 Å². The van der Waals surface area contributed by atoms with Gasteiger partial charge in [-0.05, 0) is 44.0 Å². The van der Waals surface area contributed by atoms with E-state index in [1.165, 1.54) is 17.0 Å². The zero-order valence-corrected chi connectivity index (χ0v) is 17.0. The summed E-state index contributed by atoms with van der Waals surface area (Å²) in [5.74, 6) is -0.258. The molecule has 1 aliphatic heterocycles. The van der Waals surface area contributed by atoms with Gasteiger partial charge in [-0.2, -0.15) is 13.2 Å². The highest BCUT2D eigenvalue weighted by Gasteiger charge is 2.41. The Labute approximate surface area is 178 Å². The minimum absolute atomic E-state index is 0.00902. The first-order chi connectivity index (χ1) is 14.8. The van der Waals surface area contributed by atoms with Gasteiger partial charge in [0.1, 0.15) is 5.75 Å². The second-order valence-corrected chi connectivity index (χ2v) is 7.64. The Morgan fingerprint density at radius 3 is 2.58 bits per heavy atom. The maximum atomic E-state index is 13.2. The number of hydrogen-bond donors (Lipinski definition) is 0. The average Bonchev–Trinajstić information content (AvgIpc) is 2.73. The van der Waals surface area contributed by atoms with Crippen molar-refractivity contribution in [1.29, 1.82) is 0 Å². The summed E-state index contributed by atoms with van der Waals surface area (Å²) in [6, 6.07) is 12.0. The van der Waals surface area contributed by atoms with Crippen LogP contribution in [0.5, 0.6) is 5.75 Å². The molecule has 162 valence electrons. The largest absolute Gasteiger partial charge is 0.494 e. The lowest BCUT2D eigenvalue weighted by atomic mass is 9.77. The standard InChI is InChI=1S/C24H22F3NO3/c1-2-31-21-12-4-3-9-17(21)18-14-22(30)28(19-10-6-11-20(29)23(18)19)16-8-5-7-15(13-16)24(25,26)27/h3-5,7-9,12-13,18H,2,6,10-11,14H2,1H3. The third-order valence-corrected chi connectivity index (χ3v) is 5.70. The van der Waals surface area contributed by atoms with E-state index in [0.29, 0.717) is 42.9 Å². The number of amides is 1. The van der Waals surface area contributed by atoms with Crippen molar-refractivity contribution in [3.63, 3.8) is 0 Å². The molecule has 2 aromatic rings. The summed E-state index contributed by atoms with van der Waals surface area (Å²) in [7, 11) is 0. The molecule has 0 radical (unpaired) electrons. The van der Waals surface area contributed by atoms with E-state index >= 15 is 0 Å². The number of nitrogens with zero attached hydrogens (tertiary/aromatic N) is 1. The minimum atomic E-state index is -4.52. The fraction of sp³-hybridized carbons (Fsp3) is 0.333. The van der Waals surface area contributed by atoms with E-state index in [9.17, 15) is 22.8 Å². The highest BCUT2D eigenvalue weighted by Crippen LogP contribution is 2.46. The summed E-state index contributed by atoms with van der Waals surface area (Å²) in [6.07, 6.45) is -3.16. The van der Waals surface area contributed by atoms with Crippen molar-refractivity contribution in [3.05, 3.63) is 70.9 Å². The summed E-state index contributed by atoms with van der Waals surface area (Å²) in [5.41, 5.74) is 1.08. The molecular weight excluding hydrogens is 407 g/mol. The van der Waals surface area contributed by atoms with Gasteiger partial charge in [0.25, 0.3) is 0 Å². The van der Waals surface area contributed by atoms with Gasteiger partial charge in [-0.25, -0.2) is 0 Å². The van der Waals surface area contributed by atoms with E-state index in [2.05, 4.69) is 0 Å². The predicted octanol–water partition coefficient (Wildman–Crippen LogP) is 5.63. The highest BCUT2D eigenvalue weighted by atomic mass is 19.4. The number of alkyl halides is 3. The van der Waals surface area contributed by atoms with E-state index in [1.807, 2.05) is 25.1 Å². The van der Waals surface area contributed by atoms with Crippen LogP contribution in [0, 0.1) is 0 Å². The summed E-state index contributed by atoms with van der Waals surface area (Å²) in [5, 5.41) is 0. The molecule has 1 unspecified atom stereocenters. The molecule has 4 rings (SSSR count). The lowest BCUT2D eigenvalue weighted by Gasteiger charge is -2.38. The van der Waals surface area contributed by atoms with Gasteiger partial charge in [0.15, 0.2) is 5.78 Å². The normalized spacial score (nSPS) is 19.5. The number of Topliss-reactive ketones (excluding diaryl/α,β-unsaturated/α-hetero) is 1. The maximum absolute atomic E-state index is 13.2. The molecule has 0 spiro atoms. The van der Waals surface area contributed by atoms with Gasteiger partial charge < -0.3 is 4.74 Å². The first kappa shape index (κ1) is 21.2. The Kier molecular flexibility index (Phi) is 5.60. The fourth-order valence-electron chi connectivity index (χ4n) is 4.43. The molecule has 0 aromatic heterocycles. The van der Waals surface area contributed by atoms with Crippen LogP contribution in [0.15, 0.2) is 59.8 Å². The smallest absolute Gasteiger partial charge is 0.416 e. The van der Waals surface area contributed by atoms with Crippen LogP contribution < -0.4 is 9.64 Å². The number of hydrogen-bond acceptors (Lipinski definition) is 3. The summed E-state index contributed by atoms with van der Waals surface area (Å²) in [6.45, 7) is 2.29. The van der Waals surface area contributed by atoms with Gasteiger partial charge in [0, 0.05) is 41.3 Å². The van der Waals surface area contributed by atoms with Crippen molar-refractivity contribution < 1.29 is 27.5 Å². The van der Waals surface area contributed by atoms with Crippen molar-refractivity contribution in [1.82, 2.24) is 0 Å². The van der Waals surface area contributed by atoms with Crippen LogP contribution in [0.25, 0.3) is 0 Å². The van der Waals surface area contributed by atoms with Gasteiger partial charge in [-0.15, -0.1) is 0 Å². The summed E-state index contributed by atoms with van der Waals surface area (Å²) < 4.78 is 45.5. The van der Waals surface area contributed by atoms with Crippen molar-refractivity contribution in [2.24, 2.45) is 0 Å². The quantitative estimate of drug-likeness (QED) is 0.633. The first-order valence-corrected chi connectivity index (χ1v) is 10.3. The molecular formula is C24H22F3NO3. The molecule has 31 heavy (non-hydrogen) atoms. The van der Waals surface area contributed by atoms with E-state index in [1.54, 1.807) is 6.07 Å². The van der Waals surface area contributed by atoms with Crippen LogP contribution in [0.4, 0.5) is 18.9 Å². The van der Waals surface area contributed by atoms with Crippen LogP contribution in [0.3, 0.4) is 0 Å². The molecule has 0 saturated carbocycles. The van der Waals surface area contributed by atoms with Crippen molar-refractivity contribution in [3.8, 4) is 5.75 Å². The SMILES string of the molecule is CCOc1ccccc1C1CC(=O)N(c2cccc(C(F)(F)F)c2)C2=C1C(=O)CCC2. The number of ether oxygens (including phenoxy) is 1. The molecule has 1 aliphatic carbocycles. The highest BCUT2D eigenvalue weighted by molar-refractivity contribution is 6.07. The lowest BCUT2D eigenvalue weighted by Crippen LogP contribution is -2.40. The summed E-state index contributed by atoms with van der Waals surface area (Å²) in [4.78, 5) is 27.5. The molecule has 1 atom stereocenters. The first-order valence-electron chi connectivity index (χ1n) is 10.3. The number of allylic oxidation sites excluding steroid dienone is 2. The van der Waals surface area contributed by atoms with Gasteiger partial charge in [0.05, 0.1) is 12.2 Å². The molecule has 2 aromatic carbocycles. The van der Waals surface area contributed by atoms with Crippen LogP contribution in [-0.2, 0) is 15.8 Å². The minimum Gasteiger partial charge on any atom is -0.494 e. The predicted molar refractivity (Wildman–Crippen MR) is 110 cm³/mol. The monoisotopic (exact) mass is 429 g/mol. The molecule has 0 N–H and O–H groups in total. The second-order valence-electron chi connectivity index (χ2n) is 7.64. The number of rotatable bonds is 4. The van der Waals surface area contributed by atoms with Crippen LogP contribution in [0.1, 0.15) is 49.7 Å². The second kappa shape index (κ2) is 8.21. The Bertz CT molecular complexity index is 1060. The molecule has 0 bridgehead atoms. The Balaban J connectivity index is 1.85. The number of benzene rings is 2. The van der Waals surface area contributed by atoms with Gasteiger partial charge in [0.2, 0.25) is 5.91 Å². The maximum Gasteiger partial charge on any atom is 0.416 e. The molecule has 0 saturated heterocycles. The Morgan fingerprint density at radius 1 is 1.06 bits per heavy atom. The third-order valence-electron chi connectivity index (χ3n) is 5.70. The van der Waals surface area contributed by atoms with Crippen LogP contribution >= 0.6 is 0 Å². The van der Waals surface area contributed by atoms with E-state index in [4.69, 9.17) is 4.74 Å². The molecule has 1 amide bonds. The summed E-state index contributed by atoms with van der Waals surface area (Å²) >= 11 is 0. The van der Waals surface area contributed by atoms with Crippen molar-refractivity contribution in [2.45, 2.75) is 44.7 Å². The van der Waals surface area contributed by atoms with Crippen molar-refractivity contribution in [2.75, 3.05) is 11.5 Å². The number of anilines is 1. The Hall–Kier alpha value is -3.09. The fourth-order valence-corrected chi connectivity index (χ4v) is 4.43. The molecule has 0 fully saturated rings. The molecule has 1 heterocycles. The number of carbonyl (C=O) groups is 2. The number of ketones is 1. The third kappa shape index (κ3) is 3.96. The van der Waals surface area contributed by atoms with Crippen LogP contribution in [-0.4, -0.2) is 18.3 Å². The topological polar surface area (TPSA) is 46.6 Å². The van der Waals surface area contributed by atoms with E-state index in [0.717, 1.165) is 17.7 Å². The molecule has 7 heteroatoms. The van der Waals surface area contributed by atoms with E-state index in [-0.39, 0.29) is 23.8 Å². The van der Waals surface area contributed by atoms with Crippen molar-refractivity contribution >= 4 is 17.4 Å².